The smallest absolute Gasteiger partial charge is 0.293 e. The van der Waals surface area contributed by atoms with Crippen LogP contribution in [0.5, 0.6) is 0 Å². The molecule has 0 aromatic heterocycles. The van der Waals surface area contributed by atoms with Gasteiger partial charge in [0.1, 0.15) is 12.4 Å². The van der Waals surface area contributed by atoms with Crippen LogP contribution in [-0.2, 0) is 16.1 Å². The van der Waals surface area contributed by atoms with E-state index < -0.39 is 5.82 Å². The minimum Gasteiger partial charge on any atom is -0.463 e. The molecule has 0 atom stereocenters. The van der Waals surface area contributed by atoms with Gasteiger partial charge in [0.2, 0.25) is 0 Å². The van der Waals surface area contributed by atoms with Crippen molar-refractivity contribution in [2.75, 3.05) is 0 Å². The summed E-state index contributed by atoms with van der Waals surface area (Å²) in [6.45, 7) is 0.347. The second-order valence-corrected chi connectivity index (χ2v) is 2.62. The van der Waals surface area contributed by atoms with Gasteiger partial charge in [-0.2, -0.15) is 0 Å². The molecule has 0 heterocycles. The number of hydrogen-bond donors (Lipinski definition) is 0. The van der Waals surface area contributed by atoms with Crippen molar-refractivity contribution in [3.05, 3.63) is 34.6 Å². The van der Waals surface area contributed by atoms with Crippen LogP contribution < -0.4 is 0 Å². The number of carbonyl (C=O) groups is 1. The molecule has 0 aliphatic rings. The zero-order chi connectivity index (χ0) is 8.97. The Kier molecular flexibility index (Phi) is 3.05. The zero-order valence-electron chi connectivity index (χ0n) is 6.09. The van der Waals surface area contributed by atoms with Crippen LogP contribution in [0.1, 0.15) is 5.56 Å². The zero-order valence-corrected chi connectivity index (χ0v) is 6.84. The van der Waals surface area contributed by atoms with Crippen LogP contribution in [-0.4, -0.2) is 6.47 Å². The van der Waals surface area contributed by atoms with Crippen molar-refractivity contribution < 1.29 is 13.9 Å². The van der Waals surface area contributed by atoms with Gasteiger partial charge in [-0.25, -0.2) is 4.39 Å². The van der Waals surface area contributed by atoms with Crippen molar-refractivity contribution in [3.63, 3.8) is 0 Å². The molecule has 64 valence electrons. The lowest BCUT2D eigenvalue weighted by Crippen LogP contribution is -1.90. The average Bonchev–Trinajstić information content (AvgIpc) is 1.99. The van der Waals surface area contributed by atoms with Crippen LogP contribution in [0, 0.1) is 5.82 Å². The van der Waals surface area contributed by atoms with Crippen LogP contribution in [0.3, 0.4) is 0 Å². The summed E-state index contributed by atoms with van der Waals surface area (Å²) < 4.78 is 17.1. The Morgan fingerprint density at radius 1 is 1.50 bits per heavy atom. The molecule has 1 aromatic carbocycles. The molecule has 0 spiro atoms. The maximum absolute atomic E-state index is 12.6. The highest BCUT2D eigenvalue weighted by Crippen LogP contribution is 2.14. The van der Waals surface area contributed by atoms with Crippen molar-refractivity contribution >= 4 is 18.1 Å². The molecule has 1 aromatic rings. The molecule has 0 aliphatic carbocycles. The third-order valence-electron chi connectivity index (χ3n) is 1.24. The number of hydrogen-bond acceptors (Lipinski definition) is 2. The molecule has 0 saturated heterocycles. The minimum absolute atomic E-state index is 0.0426. The van der Waals surface area contributed by atoms with E-state index in [2.05, 4.69) is 4.74 Å². The molecule has 1 rings (SSSR count). The Bertz CT molecular complexity index is 268. The molecule has 0 N–H and O–H groups in total. The molecule has 2 nitrogen and oxygen atoms in total. The second-order valence-electron chi connectivity index (χ2n) is 2.18. The first-order valence-corrected chi connectivity index (χ1v) is 3.60. The second kappa shape index (κ2) is 4.07. The third kappa shape index (κ3) is 2.51. The van der Waals surface area contributed by atoms with Crippen LogP contribution in [0.25, 0.3) is 0 Å². The Balaban J connectivity index is 2.78. The fraction of sp³-hybridized carbons (Fsp3) is 0.125. The van der Waals surface area contributed by atoms with Gasteiger partial charge < -0.3 is 4.74 Å². The quantitative estimate of drug-likeness (QED) is 0.680. The molecule has 0 fully saturated rings. The van der Waals surface area contributed by atoms with Gasteiger partial charge in [0.25, 0.3) is 6.47 Å². The third-order valence-corrected chi connectivity index (χ3v) is 1.46. The summed E-state index contributed by atoms with van der Waals surface area (Å²) in [5.74, 6) is -0.438. The lowest BCUT2D eigenvalue weighted by Gasteiger charge is -1.99. The largest absolute Gasteiger partial charge is 0.463 e. The molecule has 0 bridgehead atoms. The Hall–Kier alpha value is -1.09. The molecular formula is C8H6ClFO2. The molecule has 0 saturated carbocycles. The average molecular weight is 189 g/mol. The fourth-order valence-corrected chi connectivity index (χ4v) is 1.07. The van der Waals surface area contributed by atoms with E-state index in [1.54, 1.807) is 0 Å². The lowest BCUT2D eigenvalue weighted by molar-refractivity contribution is -0.129. The van der Waals surface area contributed by atoms with Gasteiger partial charge in [0.05, 0.1) is 0 Å². The summed E-state index contributed by atoms with van der Waals surface area (Å²) >= 11 is 5.55. The highest BCUT2D eigenvalue weighted by molar-refractivity contribution is 6.30. The number of halogens is 2. The standard InChI is InChI=1S/C8H6ClFO2/c9-7-1-6(4-12-5-11)2-8(10)3-7/h1-3,5H,4H2. The van der Waals surface area contributed by atoms with Gasteiger partial charge >= 0.3 is 0 Å². The fourth-order valence-electron chi connectivity index (χ4n) is 0.825. The van der Waals surface area contributed by atoms with E-state index >= 15 is 0 Å². The summed E-state index contributed by atoms with van der Waals surface area (Å²) in [5, 5.41) is 0.291. The monoisotopic (exact) mass is 188 g/mol. The van der Waals surface area contributed by atoms with Crippen molar-refractivity contribution in [3.8, 4) is 0 Å². The molecule has 12 heavy (non-hydrogen) atoms. The first-order chi connectivity index (χ1) is 5.72. The molecule has 4 heteroatoms. The SMILES string of the molecule is O=COCc1cc(F)cc(Cl)c1. The first kappa shape index (κ1) is 9.00. The van der Waals surface area contributed by atoms with Gasteiger partial charge in [0.15, 0.2) is 0 Å². The Labute approximate surface area is 73.9 Å². The van der Waals surface area contributed by atoms with E-state index in [1.807, 2.05) is 0 Å². The Morgan fingerprint density at radius 2 is 2.25 bits per heavy atom. The van der Waals surface area contributed by atoms with Gasteiger partial charge in [-0.15, -0.1) is 0 Å². The van der Waals surface area contributed by atoms with Crippen molar-refractivity contribution in [2.45, 2.75) is 6.61 Å². The van der Waals surface area contributed by atoms with Gasteiger partial charge in [-0.1, -0.05) is 11.6 Å². The summed E-state index contributed by atoms with van der Waals surface area (Å²) in [4.78, 5) is 9.80. The number of benzene rings is 1. The van der Waals surface area contributed by atoms with E-state index in [1.165, 1.54) is 18.2 Å². The molecule has 0 radical (unpaired) electrons. The predicted molar refractivity (Wildman–Crippen MR) is 42.3 cm³/mol. The topological polar surface area (TPSA) is 26.3 Å². The predicted octanol–water partition coefficient (Wildman–Crippen LogP) is 2.15. The maximum atomic E-state index is 12.6. The highest BCUT2D eigenvalue weighted by Gasteiger charge is 1.98. The van der Waals surface area contributed by atoms with Gasteiger partial charge in [-0.05, 0) is 23.8 Å². The normalized spacial score (nSPS) is 9.50. The summed E-state index contributed by atoms with van der Waals surface area (Å²) in [6.07, 6.45) is 0. The van der Waals surface area contributed by atoms with E-state index in [0.29, 0.717) is 17.1 Å². The summed E-state index contributed by atoms with van der Waals surface area (Å²) in [5.41, 5.74) is 0.534. The lowest BCUT2D eigenvalue weighted by atomic mass is 10.2. The van der Waals surface area contributed by atoms with E-state index in [4.69, 9.17) is 11.6 Å². The van der Waals surface area contributed by atoms with E-state index in [-0.39, 0.29) is 6.61 Å². The van der Waals surface area contributed by atoms with Gasteiger partial charge in [-0.3, -0.25) is 4.79 Å². The first-order valence-electron chi connectivity index (χ1n) is 3.22. The summed E-state index contributed by atoms with van der Waals surface area (Å²) in [6, 6.07) is 3.98. The molecule has 0 aliphatic heterocycles. The van der Waals surface area contributed by atoms with Crippen LogP contribution in [0.4, 0.5) is 4.39 Å². The van der Waals surface area contributed by atoms with Crippen molar-refractivity contribution in [2.24, 2.45) is 0 Å². The van der Waals surface area contributed by atoms with Crippen molar-refractivity contribution in [1.29, 1.82) is 0 Å². The van der Waals surface area contributed by atoms with E-state index in [0.717, 1.165) is 0 Å². The van der Waals surface area contributed by atoms with E-state index in [9.17, 15) is 9.18 Å². The molecular weight excluding hydrogens is 183 g/mol. The van der Waals surface area contributed by atoms with Crippen LogP contribution in [0.15, 0.2) is 18.2 Å². The number of rotatable bonds is 3. The number of carbonyl (C=O) groups excluding carboxylic acids is 1. The van der Waals surface area contributed by atoms with Gasteiger partial charge in [0, 0.05) is 5.02 Å². The Morgan fingerprint density at radius 3 is 2.83 bits per heavy atom. The van der Waals surface area contributed by atoms with Crippen LogP contribution >= 0.6 is 11.6 Å². The van der Waals surface area contributed by atoms with Crippen LogP contribution in [0.2, 0.25) is 5.02 Å². The number of ether oxygens (including phenoxy) is 1. The maximum Gasteiger partial charge on any atom is 0.293 e. The molecule has 0 unspecified atom stereocenters. The highest BCUT2D eigenvalue weighted by atomic mass is 35.5. The summed E-state index contributed by atoms with van der Waals surface area (Å²) in [7, 11) is 0. The minimum atomic E-state index is -0.438. The molecule has 0 amide bonds. The van der Waals surface area contributed by atoms with Crippen molar-refractivity contribution in [1.82, 2.24) is 0 Å².